The van der Waals surface area contributed by atoms with Gasteiger partial charge in [-0.05, 0) is 35.0 Å². The molecule has 1 aromatic heterocycles. The maximum absolute atomic E-state index is 3.66. The van der Waals surface area contributed by atoms with Gasteiger partial charge in [-0.25, -0.2) is 0 Å². The van der Waals surface area contributed by atoms with E-state index in [0.29, 0.717) is 6.04 Å². The van der Waals surface area contributed by atoms with E-state index in [2.05, 4.69) is 65.2 Å². The van der Waals surface area contributed by atoms with E-state index in [1.165, 1.54) is 26.6 Å². The lowest BCUT2D eigenvalue weighted by Crippen LogP contribution is -2.22. The third-order valence-electron chi connectivity index (χ3n) is 2.65. The van der Waals surface area contributed by atoms with Crippen LogP contribution in [-0.4, -0.2) is 11.0 Å². The highest BCUT2D eigenvalue weighted by atomic mass is 79.9. The highest BCUT2D eigenvalue weighted by molar-refractivity contribution is 9.10. The molecule has 1 aromatic carbocycles. The van der Waals surface area contributed by atoms with Crippen LogP contribution in [0.3, 0.4) is 0 Å². The molecule has 86 valence electrons. The van der Waals surface area contributed by atoms with Crippen LogP contribution in [-0.2, 0) is 6.54 Å². The average Bonchev–Trinajstić information content (AvgIpc) is 2.53. The van der Waals surface area contributed by atoms with Crippen molar-refractivity contribution in [3.05, 3.63) is 33.9 Å². The van der Waals surface area contributed by atoms with E-state index in [1.807, 2.05) is 0 Å². The summed E-state index contributed by atoms with van der Waals surface area (Å²) in [5.41, 5.74) is 3.70. The Hall–Kier alpha value is -0.800. The standard InChI is InChI=1S/C13H17BrN2/c1-8(2)15-7-12-13(14)10-6-9(3)4-5-11(10)16-12/h4-6,8,15-16H,7H2,1-3H3. The fourth-order valence-corrected chi connectivity index (χ4v) is 2.32. The van der Waals surface area contributed by atoms with E-state index in [-0.39, 0.29) is 0 Å². The Morgan fingerprint density at radius 1 is 1.38 bits per heavy atom. The molecule has 2 N–H and O–H groups in total. The molecule has 0 atom stereocenters. The summed E-state index contributed by atoms with van der Waals surface area (Å²) in [6, 6.07) is 6.97. The molecule has 0 saturated carbocycles. The number of aromatic nitrogens is 1. The Morgan fingerprint density at radius 3 is 2.81 bits per heavy atom. The Balaban J connectivity index is 2.36. The maximum atomic E-state index is 3.66. The molecule has 0 aliphatic rings. The predicted molar refractivity (Wildman–Crippen MR) is 72.7 cm³/mol. The molecule has 0 bridgehead atoms. The molecule has 2 nitrogen and oxygen atoms in total. The summed E-state index contributed by atoms with van der Waals surface area (Å²) in [6.45, 7) is 7.29. The van der Waals surface area contributed by atoms with Crippen LogP contribution in [0.1, 0.15) is 25.1 Å². The van der Waals surface area contributed by atoms with Crippen molar-refractivity contribution in [1.29, 1.82) is 0 Å². The lowest BCUT2D eigenvalue weighted by molar-refractivity contribution is 0.582. The number of hydrogen-bond donors (Lipinski definition) is 2. The van der Waals surface area contributed by atoms with Gasteiger partial charge in [-0.15, -0.1) is 0 Å². The van der Waals surface area contributed by atoms with Crippen LogP contribution in [0.15, 0.2) is 22.7 Å². The maximum Gasteiger partial charge on any atom is 0.0474 e. The van der Waals surface area contributed by atoms with Crippen molar-refractivity contribution < 1.29 is 0 Å². The smallest absolute Gasteiger partial charge is 0.0474 e. The van der Waals surface area contributed by atoms with Crippen molar-refractivity contribution in [2.45, 2.75) is 33.4 Å². The van der Waals surface area contributed by atoms with Gasteiger partial charge in [0.25, 0.3) is 0 Å². The summed E-state index contributed by atoms with van der Waals surface area (Å²) >= 11 is 3.66. The van der Waals surface area contributed by atoms with Crippen molar-refractivity contribution in [2.24, 2.45) is 0 Å². The Kier molecular flexibility index (Phi) is 3.36. The second-order valence-corrected chi connectivity index (χ2v) is 5.30. The van der Waals surface area contributed by atoms with Gasteiger partial charge in [0.2, 0.25) is 0 Å². The molecular formula is C13H17BrN2. The molecule has 16 heavy (non-hydrogen) atoms. The first-order valence-corrected chi connectivity index (χ1v) is 6.37. The lowest BCUT2D eigenvalue weighted by Gasteiger charge is -2.06. The SMILES string of the molecule is Cc1ccc2[nH]c(CNC(C)C)c(Br)c2c1. The molecule has 0 spiro atoms. The van der Waals surface area contributed by atoms with Crippen LogP contribution in [0.4, 0.5) is 0 Å². The van der Waals surface area contributed by atoms with E-state index >= 15 is 0 Å². The molecule has 0 saturated heterocycles. The Morgan fingerprint density at radius 2 is 2.12 bits per heavy atom. The number of fused-ring (bicyclic) bond motifs is 1. The summed E-state index contributed by atoms with van der Waals surface area (Å²) in [7, 11) is 0. The van der Waals surface area contributed by atoms with Gasteiger partial charge in [-0.3, -0.25) is 0 Å². The summed E-state index contributed by atoms with van der Waals surface area (Å²) in [6.07, 6.45) is 0. The van der Waals surface area contributed by atoms with Gasteiger partial charge in [-0.2, -0.15) is 0 Å². The number of halogens is 1. The highest BCUT2D eigenvalue weighted by Gasteiger charge is 2.08. The molecule has 2 aromatic rings. The van der Waals surface area contributed by atoms with Gasteiger partial charge >= 0.3 is 0 Å². The van der Waals surface area contributed by atoms with Gasteiger partial charge < -0.3 is 10.3 Å². The van der Waals surface area contributed by atoms with E-state index in [0.717, 1.165) is 6.54 Å². The highest BCUT2D eigenvalue weighted by Crippen LogP contribution is 2.28. The van der Waals surface area contributed by atoms with Crippen LogP contribution in [0, 0.1) is 6.92 Å². The van der Waals surface area contributed by atoms with Crippen LogP contribution >= 0.6 is 15.9 Å². The third-order valence-corrected chi connectivity index (χ3v) is 3.55. The molecule has 0 amide bonds. The van der Waals surface area contributed by atoms with Crippen LogP contribution < -0.4 is 5.32 Å². The van der Waals surface area contributed by atoms with Crippen LogP contribution in [0.2, 0.25) is 0 Å². The molecular weight excluding hydrogens is 264 g/mol. The first-order chi connectivity index (χ1) is 7.58. The number of nitrogens with one attached hydrogen (secondary N) is 2. The van der Waals surface area contributed by atoms with Crippen molar-refractivity contribution in [1.82, 2.24) is 10.3 Å². The zero-order valence-corrected chi connectivity index (χ0v) is 11.5. The van der Waals surface area contributed by atoms with Gasteiger partial charge in [0, 0.05) is 33.7 Å². The number of H-pyrrole nitrogens is 1. The summed E-state index contributed by atoms with van der Waals surface area (Å²) in [5.74, 6) is 0. The van der Waals surface area contributed by atoms with E-state index in [1.54, 1.807) is 0 Å². The lowest BCUT2D eigenvalue weighted by atomic mass is 10.2. The average molecular weight is 281 g/mol. The van der Waals surface area contributed by atoms with E-state index < -0.39 is 0 Å². The van der Waals surface area contributed by atoms with Crippen molar-refractivity contribution in [2.75, 3.05) is 0 Å². The quantitative estimate of drug-likeness (QED) is 0.881. The normalized spacial score (nSPS) is 11.6. The molecule has 2 rings (SSSR count). The fraction of sp³-hybridized carbons (Fsp3) is 0.385. The fourth-order valence-electron chi connectivity index (χ4n) is 1.76. The molecule has 0 fully saturated rings. The zero-order chi connectivity index (χ0) is 11.7. The van der Waals surface area contributed by atoms with Gasteiger partial charge in [0.05, 0.1) is 0 Å². The van der Waals surface area contributed by atoms with Crippen LogP contribution in [0.25, 0.3) is 10.9 Å². The molecule has 0 aliphatic heterocycles. The molecule has 0 radical (unpaired) electrons. The van der Waals surface area contributed by atoms with E-state index in [4.69, 9.17) is 0 Å². The number of benzene rings is 1. The van der Waals surface area contributed by atoms with Gasteiger partial charge in [-0.1, -0.05) is 25.5 Å². The second-order valence-electron chi connectivity index (χ2n) is 4.50. The van der Waals surface area contributed by atoms with Crippen molar-refractivity contribution in [3.8, 4) is 0 Å². The second kappa shape index (κ2) is 4.60. The van der Waals surface area contributed by atoms with Crippen molar-refractivity contribution in [3.63, 3.8) is 0 Å². The molecule has 1 heterocycles. The number of rotatable bonds is 3. The predicted octanol–water partition coefficient (Wildman–Crippen LogP) is 3.74. The summed E-state index contributed by atoms with van der Waals surface area (Å²) in [4.78, 5) is 3.44. The number of aromatic amines is 1. The van der Waals surface area contributed by atoms with E-state index in [9.17, 15) is 0 Å². The topological polar surface area (TPSA) is 27.8 Å². The molecule has 0 aliphatic carbocycles. The Labute approximate surface area is 105 Å². The number of hydrogen-bond acceptors (Lipinski definition) is 1. The third kappa shape index (κ3) is 2.30. The first kappa shape index (κ1) is 11.7. The van der Waals surface area contributed by atoms with Gasteiger partial charge in [0.1, 0.15) is 0 Å². The minimum atomic E-state index is 0.500. The summed E-state index contributed by atoms with van der Waals surface area (Å²) < 4.78 is 1.18. The minimum absolute atomic E-state index is 0.500. The first-order valence-electron chi connectivity index (χ1n) is 5.58. The van der Waals surface area contributed by atoms with Crippen LogP contribution in [0.5, 0.6) is 0 Å². The molecule has 0 unspecified atom stereocenters. The summed E-state index contributed by atoms with van der Waals surface area (Å²) in [5, 5.41) is 4.68. The van der Waals surface area contributed by atoms with Gasteiger partial charge in [0.15, 0.2) is 0 Å². The zero-order valence-electron chi connectivity index (χ0n) is 9.89. The Bertz CT molecular complexity index is 500. The minimum Gasteiger partial charge on any atom is -0.356 e. The number of aryl methyl sites for hydroxylation is 1. The monoisotopic (exact) mass is 280 g/mol. The molecule has 3 heteroatoms. The van der Waals surface area contributed by atoms with Crippen molar-refractivity contribution >= 4 is 26.8 Å². The largest absolute Gasteiger partial charge is 0.356 e.